The Balaban J connectivity index is 1.72. The molecule has 0 fully saturated rings. The van der Waals surface area contributed by atoms with Crippen molar-refractivity contribution in [1.29, 1.82) is 0 Å². The van der Waals surface area contributed by atoms with E-state index in [-0.39, 0.29) is 11.9 Å². The van der Waals surface area contributed by atoms with Crippen LogP contribution in [0.5, 0.6) is 0 Å². The summed E-state index contributed by atoms with van der Waals surface area (Å²) < 4.78 is 0. The van der Waals surface area contributed by atoms with Crippen LogP contribution in [0.4, 0.5) is 0 Å². The van der Waals surface area contributed by atoms with Crippen molar-refractivity contribution < 1.29 is 4.79 Å². The normalized spacial score (nSPS) is 12.1. The van der Waals surface area contributed by atoms with E-state index in [1.54, 1.807) is 23.1 Å². The first-order chi connectivity index (χ1) is 9.25. The highest BCUT2D eigenvalue weighted by Crippen LogP contribution is 2.17. The van der Waals surface area contributed by atoms with Crippen molar-refractivity contribution in [2.45, 2.75) is 18.7 Å². The molecule has 1 heterocycles. The van der Waals surface area contributed by atoms with Crippen molar-refractivity contribution in [3.63, 3.8) is 0 Å². The molecule has 0 saturated carbocycles. The van der Waals surface area contributed by atoms with Gasteiger partial charge in [-0.2, -0.15) is 0 Å². The predicted octanol–water partition coefficient (Wildman–Crippen LogP) is 3.86. The van der Waals surface area contributed by atoms with Gasteiger partial charge < -0.3 is 5.32 Å². The van der Waals surface area contributed by atoms with Gasteiger partial charge in [0.25, 0.3) is 0 Å². The summed E-state index contributed by atoms with van der Waals surface area (Å²) in [6, 6.07) is 14.2. The minimum absolute atomic E-state index is 0.0658. The average molecular weight is 291 g/mol. The third kappa shape index (κ3) is 4.73. The second kappa shape index (κ2) is 7.36. The van der Waals surface area contributed by atoms with Crippen LogP contribution in [0.25, 0.3) is 0 Å². The summed E-state index contributed by atoms with van der Waals surface area (Å²) in [5.74, 6) is 1.51. The molecule has 2 aromatic rings. The number of thiophene rings is 1. The fourth-order valence-electron chi connectivity index (χ4n) is 1.75. The quantitative estimate of drug-likeness (QED) is 0.875. The molecule has 0 radical (unpaired) electrons. The largest absolute Gasteiger partial charge is 0.349 e. The van der Waals surface area contributed by atoms with Crippen LogP contribution < -0.4 is 5.32 Å². The fourth-order valence-corrected chi connectivity index (χ4v) is 3.43. The lowest BCUT2D eigenvalue weighted by Gasteiger charge is -2.13. The number of carbonyl (C=O) groups excluding carboxylic acids is 1. The maximum Gasteiger partial charge on any atom is 0.230 e. The van der Waals surface area contributed by atoms with Gasteiger partial charge in [0.15, 0.2) is 0 Å². The second-order valence-corrected chi connectivity index (χ2v) is 6.29. The SMILES string of the molecule is CC(NC(=O)CSCc1cccs1)c1ccccc1. The first kappa shape index (κ1) is 14.2. The van der Waals surface area contributed by atoms with Crippen LogP contribution in [0.2, 0.25) is 0 Å². The molecule has 1 atom stereocenters. The molecule has 0 spiro atoms. The van der Waals surface area contributed by atoms with E-state index in [2.05, 4.69) is 16.8 Å². The Kier molecular flexibility index (Phi) is 5.48. The zero-order chi connectivity index (χ0) is 13.5. The summed E-state index contributed by atoms with van der Waals surface area (Å²) >= 11 is 3.39. The molecule has 1 unspecified atom stereocenters. The van der Waals surface area contributed by atoms with Gasteiger partial charge in [0.1, 0.15) is 0 Å². The number of benzene rings is 1. The van der Waals surface area contributed by atoms with Crippen LogP contribution in [0.15, 0.2) is 47.8 Å². The van der Waals surface area contributed by atoms with Gasteiger partial charge in [0.05, 0.1) is 11.8 Å². The van der Waals surface area contributed by atoms with E-state index in [0.29, 0.717) is 5.75 Å². The standard InChI is InChI=1S/C15H17NOS2/c1-12(13-6-3-2-4-7-13)16-15(17)11-18-10-14-8-5-9-19-14/h2-9,12H,10-11H2,1H3,(H,16,17). The molecule has 0 aliphatic heterocycles. The lowest BCUT2D eigenvalue weighted by atomic mass is 10.1. The van der Waals surface area contributed by atoms with E-state index in [9.17, 15) is 4.79 Å². The fraction of sp³-hybridized carbons (Fsp3) is 0.267. The highest BCUT2D eigenvalue weighted by molar-refractivity contribution is 7.99. The van der Waals surface area contributed by atoms with E-state index in [1.165, 1.54) is 4.88 Å². The molecule has 4 heteroatoms. The van der Waals surface area contributed by atoms with Gasteiger partial charge in [0, 0.05) is 10.6 Å². The van der Waals surface area contributed by atoms with E-state index in [4.69, 9.17) is 0 Å². The summed E-state index contributed by atoms with van der Waals surface area (Å²) in [5.41, 5.74) is 1.14. The number of hydrogen-bond acceptors (Lipinski definition) is 3. The maximum atomic E-state index is 11.8. The summed E-state index contributed by atoms with van der Waals surface area (Å²) in [6.45, 7) is 2.01. The molecule has 100 valence electrons. The molecule has 1 N–H and O–H groups in total. The first-order valence-electron chi connectivity index (χ1n) is 6.20. The Bertz CT molecular complexity index is 496. The van der Waals surface area contributed by atoms with Crippen LogP contribution in [0.1, 0.15) is 23.4 Å². The minimum atomic E-state index is 0.0658. The summed E-state index contributed by atoms with van der Waals surface area (Å²) in [7, 11) is 0. The Hall–Kier alpha value is -1.26. The minimum Gasteiger partial charge on any atom is -0.349 e. The van der Waals surface area contributed by atoms with Gasteiger partial charge in [0.2, 0.25) is 5.91 Å². The molecule has 2 nitrogen and oxygen atoms in total. The van der Waals surface area contributed by atoms with Crippen molar-refractivity contribution in [1.82, 2.24) is 5.32 Å². The van der Waals surface area contributed by atoms with Gasteiger partial charge in [-0.05, 0) is 23.9 Å². The van der Waals surface area contributed by atoms with Crippen LogP contribution >= 0.6 is 23.1 Å². The van der Waals surface area contributed by atoms with E-state index >= 15 is 0 Å². The van der Waals surface area contributed by atoms with Crippen LogP contribution in [-0.2, 0) is 10.5 Å². The summed E-state index contributed by atoms with van der Waals surface area (Å²) in [6.07, 6.45) is 0. The Morgan fingerprint density at radius 2 is 2.05 bits per heavy atom. The van der Waals surface area contributed by atoms with Crippen molar-refractivity contribution in [2.24, 2.45) is 0 Å². The topological polar surface area (TPSA) is 29.1 Å². The highest BCUT2D eigenvalue weighted by Gasteiger charge is 2.09. The van der Waals surface area contributed by atoms with E-state index < -0.39 is 0 Å². The first-order valence-corrected chi connectivity index (χ1v) is 8.23. The van der Waals surface area contributed by atoms with Crippen molar-refractivity contribution in [3.8, 4) is 0 Å². The number of carbonyl (C=O) groups is 1. The average Bonchev–Trinajstić information content (AvgIpc) is 2.93. The second-order valence-electron chi connectivity index (χ2n) is 4.27. The number of hydrogen-bond donors (Lipinski definition) is 1. The molecule has 0 saturated heterocycles. The van der Waals surface area contributed by atoms with Gasteiger partial charge >= 0.3 is 0 Å². The zero-order valence-corrected chi connectivity index (χ0v) is 12.5. The van der Waals surface area contributed by atoms with Crippen LogP contribution in [0, 0.1) is 0 Å². The van der Waals surface area contributed by atoms with E-state index in [0.717, 1.165) is 11.3 Å². The third-order valence-electron chi connectivity index (χ3n) is 2.73. The monoisotopic (exact) mass is 291 g/mol. The van der Waals surface area contributed by atoms with E-state index in [1.807, 2.05) is 43.3 Å². The Labute approximate surface area is 122 Å². The number of amides is 1. The van der Waals surface area contributed by atoms with Crippen LogP contribution in [-0.4, -0.2) is 11.7 Å². The number of rotatable bonds is 6. The number of thioether (sulfide) groups is 1. The molecule has 1 aromatic carbocycles. The molecular formula is C15H17NOS2. The van der Waals surface area contributed by atoms with Crippen molar-refractivity contribution >= 4 is 29.0 Å². The van der Waals surface area contributed by atoms with Gasteiger partial charge in [-0.1, -0.05) is 36.4 Å². The molecule has 1 aromatic heterocycles. The molecule has 0 bridgehead atoms. The smallest absolute Gasteiger partial charge is 0.230 e. The molecule has 19 heavy (non-hydrogen) atoms. The molecule has 0 aliphatic rings. The van der Waals surface area contributed by atoms with Gasteiger partial charge in [-0.3, -0.25) is 4.79 Å². The van der Waals surface area contributed by atoms with Crippen molar-refractivity contribution in [3.05, 3.63) is 58.3 Å². The van der Waals surface area contributed by atoms with Gasteiger partial charge in [-0.15, -0.1) is 23.1 Å². The highest BCUT2D eigenvalue weighted by atomic mass is 32.2. The molecule has 0 aliphatic carbocycles. The van der Waals surface area contributed by atoms with Crippen molar-refractivity contribution in [2.75, 3.05) is 5.75 Å². The summed E-state index contributed by atoms with van der Waals surface area (Å²) in [4.78, 5) is 13.1. The number of nitrogens with one attached hydrogen (secondary N) is 1. The molecule has 1 amide bonds. The molecular weight excluding hydrogens is 274 g/mol. The van der Waals surface area contributed by atoms with Crippen LogP contribution in [0.3, 0.4) is 0 Å². The Morgan fingerprint density at radius 3 is 2.74 bits per heavy atom. The maximum absolute atomic E-state index is 11.8. The summed E-state index contributed by atoms with van der Waals surface area (Å²) in [5, 5.41) is 5.08. The molecule has 2 rings (SSSR count). The zero-order valence-electron chi connectivity index (χ0n) is 10.8. The Morgan fingerprint density at radius 1 is 1.26 bits per heavy atom. The predicted molar refractivity (Wildman–Crippen MR) is 83.5 cm³/mol. The lowest BCUT2D eigenvalue weighted by Crippen LogP contribution is -2.28. The third-order valence-corrected chi connectivity index (χ3v) is 4.78. The lowest BCUT2D eigenvalue weighted by molar-refractivity contribution is -0.119. The van der Waals surface area contributed by atoms with Gasteiger partial charge in [-0.25, -0.2) is 0 Å².